The highest BCUT2D eigenvalue weighted by Crippen LogP contribution is 2.64. The van der Waals surface area contributed by atoms with E-state index in [0.717, 1.165) is 38.7 Å². The number of nitrogens with zero attached hydrogens (tertiary/aromatic N) is 2. The van der Waals surface area contributed by atoms with Gasteiger partial charge >= 0.3 is 0 Å². The number of benzene rings is 3. The van der Waals surface area contributed by atoms with E-state index in [2.05, 4.69) is 34.5 Å². The molecule has 0 unspecified atom stereocenters. The fraction of sp³-hybridized carbons (Fsp3) is 0.219. The Labute approximate surface area is 229 Å². The highest BCUT2D eigenvalue weighted by atomic mass is 32.2. The van der Waals surface area contributed by atoms with Crippen molar-refractivity contribution >= 4 is 29.3 Å². The number of pyridine rings is 1. The van der Waals surface area contributed by atoms with Crippen molar-refractivity contribution in [3.8, 4) is 11.1 Å². The van der Waals surface area contributed by atoms with Crippen molar-refractivity contribution in [2.75, 3.05) is 10.7 Å². The van der Waals surface area contributed by atoms with Gasteiger partial charge in [0.2, 0.25) is 11.8 Å². The normalized spacial score (nSPS) is 26.3. The number of rotatable bonds is 3. The summed E-state index contributed by atoms with van der Waals surface area (Å²) in [5.41, 5.74) is 5.69. The first kappa shape index (κ1) is 22.8. The molecule has 0 saturated carbocycles. The van der Waals surface area contributed by atoms with E-state index in [0.29, 0.717) is 12.1 Å². The zero-order chi connectivity index (χ0) is 26.2. The van der Waals surface area contributed by atoms with E-state index in [9.17, 15) is 14.4 Å². The van der Waals surface area contributed by atoms with Crippen LogP contribution in [0.2, 0.25) is 0 Å². The summed E-state index contributed by atoms with van der Waals surface area (Å²) in [6.07, 6.45) is 0. The molecule has 2 bridgehead atoms. The third-order valence-electron chi connectivity index (χ3n) is 8.84. The zero-order valence-corrected chi connectivity index (χ0v) is 21.8. The molecule has 0 radical (unpaired) electrons. The lowest BCUT2D eigenvalue weighted by atomic mass is 9.58. The molecule has 1 N–H and O–H groups in total. The fourth-order valence-electron chi connectivity index (χ4n) is 7.49. The average Bonchev–Trinajstić information content (AvgIpc) is 3.59. The van der Waals surface area contributed by atoms with Crippen LogP contribution in [0.5, 0.6) is 0 Å². The number of fused-ring (bicyclic) bond motifs is 2. The van der Waals surface area contributed by atoms with Crippen LogP contribution >= 0.6 is 11.8 Å². The standard InChI is InChI=1S/C32H25N3O3S/c36-29-24-23-22-21(18-10-4-1-5-11-18)32-34(16-17-39-32)31(38)26(22)28(25(24)30(37)33-29)35(20-14-8-3-9-15-20)27(23)19-12-6-2-7-13-19/h1-15,23-25,27-28H,16-17H2,(H,33,36,37)/t23-,24+,25+,27-,28-/m0/s1. The van der Waals surface area contributed by atoms with Gasteiger partial charge < -0.3 is 9.47 Å². The van der Waals surface area contributed by atoms with Gasteiger partial charge in [0.25, 0.3) is 5.56 Å². The summed E-state index contributed by atoms with van der Waals surface area (Å²) in [7, 11) is 0. The Kier molecular flexibility index (Phi) is 4.95. The number of piperidine rings is 1. The number of amides is 2. The van der Waals surface area contributed by atoms with Crippen LogP contribution in [-0.2, 0) is 16.1 Å². The molecule has 5 atom stereocenters. The third kappa shape index (κ3) is 3.08. The van der Waals surface area contributed by atoms with Crippen molar-refractivity contribution in [1.29, 1.82) is 0 Å². The Bertz CT molecular complexity index is 1700. The van der Waals surface area contributed by atoms with E-state index < -0.39 is 17.9 Å². The van der Waals surface area contributed by atoms with E-state index in [1.165, 1.54) is 0 Å². The SMILES string of the molecule is O=C1NC(=O)[C@H]2[C@@H]1[C@H]1c3c(c(-c4ccccc4)c4n(c3=O)CCS4)[C@@H]2[C@H](c2ccccc2)N1c1ccccc1. The van der Waals surface area contributed by atoms with Crippen LogP contribution in [0.4, 0.5) is 5.69 Å². The van der Waals surface area contributed by atoms with Crippen LogP contribution in [0.1, 0.15) is 34.7 Å². The molecule has 2 fully saturated rings. The van der Waals surface area contributed by atoms with Crippen molar-refractivity contribution in [1.82, 2.24) is 9.88 Å². The number of hydrogen-bond donors (Lipinski definition) is 1. The Hall–Kier alpha value is -4.10. The number of aromatic nitrogens is 1. The summed E-state index contributed by atoms with van der Waals surface area (Å²) in [5, 5.41) is 3.63. The Balaban J connectivity index is 1.52. The molecule has 4 aromatic rings. The van der Waals surface area contributed by atoms with Crippen LogP contribution < -0.4 is 15.8 Å². The lowest BCUT2D eigenvalue weighted by Crippen LogP contribution is -2.57. The molecule has 2 amide bonds. The summed E-state index contributed by atoms with van der Waals surface area (Å²) in [6.45, 7) is 0.635. The minimum absolute atomic E-state index is 0.0299. The Morgan fingerprint density at radius 2 is 1.33 bits per heavy atom. The molecule has 192 valence electrons. The van der Waals surface area contributed by atoms with E-state index in [1.54, 1.807) is 11.8 Å². The molecular weight excluding hydrogens is 506 g/mol. The first-order valence-electron chi connectivity index (χ1n) is 13.4. The molecule has 7 heteroatoms. The summed E-state index contributed by atoms with van der Waals surface area (Å²) in [4.78, 5) is 43.7. The Morgan fingerprint density at radius 3 is 2.05 bits per heavy atom. The average molecular weight is 532 g/mol. The van der Waals surface area contributed by atoms with E-state index in [1.807, 2.05) is 71.3 Å². The van der Waals surface area contributed by atoms with Crippen molar-refractivity contribution in [2.24, 2.45) is 11.8 Å². The van der Waals surface area contributed by atoms with Gasteiger partial charge in [-0.2, -0.15) is 0 Å². The smallest absolute Gasteiger partial charge is 0.257 e. The minimum Gasteiger partial charge on any atom is -0.356 e. The molecule has 9 rings (SSSR count). The zero-order valence-electron chi connectivity index (χ0n) is 21.0. The van der Waals surface area contributed by atoms with E-state index in [-0.39, 0.29) is 29.3 Å². The third-order valence-corrected chi connectivity index (χ3v) is 9.92. The number of para-hydroxylation sites is 1. The van der Waals surface area contributed by atoms with Crippen LogP contribution in [0, 0.1) is 11.8 Å². The van der Waals surface area contributed by atoms with Crippen LogP contribution in [-0.4, -0.2) is 22.1 Å². The Morgan fingerprint density at radius 1 is 0.692 bits per heavy atom. The summed E-state index contributed by atoms with van der Waals surface area (Å²) in [6, 6.07) is 29.7. The second kappa shape index (κ2) is 8.45. The van der Waals surface area contributed by atoms with Gasteiger partial charge in [0.05, 0.1) is 28.9 Å². The highest BCUT2D eigenvalue weighted by Gasteiger charge is 2.65. The molecule has 1 aliphatic carbocycles. The van der Waals surface area contributed by atoms with Gasteiger partial charge in [-0.05, 0) is 28.8 Å². The van der Waals surface area contributed by atoms with Gasteiger partial charge in [0, 0.05) is 35.0 Å². The molecule has 5 heterocycles. The van der Waals surface area contributed by atoms with E-state index in [4.69, 9.17) is 0 Å². The minimum atomic E-state index is -0.626. The van der Waals surface area contributed by atoms with Gasteiger partial charge in [-0.25, -0.2) is 0 Å². The number of nitrogens with one attached hydrogen (secondary N) is 1. The second-order valence-corrected chi connectivity index (χ2v) is 11.7. The van der Waals surface area contributed by atoms with Gasteiger partial charge in [0.1, 0.15) is 0 Å². The number of hydrogen-bond acceptors (Lipinski definition) is 5. The largest absolute Gasteiger partial charge is 0.356 e. The second-order valence-electron chi connectivity index (χ2n) is 10.7. The van der Waals surface area contributed by atoms with Crippen molar-refractivity contribution in [2.45, 2.75) is 29.6 Å². The molecule has 0 spiro atoms. The summed E-state index contributed by atoms with van der Waals surface area (Å²) < 4.78 is 1.90. The van der Waals surface area contributed by atoms with Crippen molar-refractivity contribution < 1.29 is 9.59 Å². The summed E-state index contributed by atoms with van der Waals surface area (Å²) >= 11 is 1.71. The summed E-state index contributed by atoms with van der Waals surface area (Å²) in [5.74, 6) is -1.23. The number of carbonyl (C=O) groups excluding carboxylic acids is 2. The first-order valence-corrected chi connectivity index (χ1v) is 14.4. The first-order chi connectivity index (χ1) is 19.1. The molecule has 1 aromatic heterocycles. The molecule has 4 aliphatic heterocycles. The maximum absolute atomic E-state index is 14.4. The van der Waals surface area contributed by atoms with Gasteiger partial charge in [-0.3, -0.25) is 19.7 Å². The highest BCUT2D eigenvalue weighted by molar-refractivity contribution is 7.99. The van der Waals surface area contributed by atoms with Crippen LogP contribution in [0.3, 0.4) is 0 Å². The topological polar surface area (TPSA) is 71.4 Å². The molecule has 3 aromatic carbocycles. The predicted molar refractivity (Wildman–Crippen MR) is 151 cm³/mol. The molecule has 6 nitrogen and oxygen atoms in total. The molecule has 2 saturated heterocycles. The number of thioether (sulfide) groups is 1. The number of anilines is 1. The maximum atomic E-state index is 14.4. The monoisotopic (exact) mass is 531 g/mol. The number of imide groups is 1. The van der Waals surface area contributed by atoms with Crippen molar-refractivity contribution in [3.05, 3.63) is 118 Å². The molecular formula is C32H25N3O3S. The lowest BCUT2D eigenvalue weighted by molar-refractivity contribution is -0.126. The van der Waals surface area contributed by atoms with E-state index >= 15 is 0 Å². The maximum Gasteiger partial charge on any atom is 0.257 e. The number of carbonyl (C=O) groups is 2. The predicted octanol–water partition coefficient (Wildman–Crippen LogP) is 4.91. The van der Waals surface area contributed by atoms with Crippen LogP contribution in [0.15, 0.2) is 101 Å². The van der Waals surface area contributed by atoms with Gasteiger partial charge in [0.15, 0.2) is 0 Å². The lowest BCUT2D eigenvalue weighted by Gasteiger charge is -2.57. The van der Waals surface area contributed by atoms with Gasteiger partial charge in [-0.1, -0.05) is 78.9 Å². The van der Waals surface area contributed by atoms with Crippen LogP contribution in [0.25, 0.3) is 11.1 Å². The molecule has 39 heavy (non-hydrogen) atoms. The molecule has 5 aliphatic rings. The quantitative estimate of drug-likeness (QED) is 0.381. The van der Waals surface area contributed by atoms with Gasteiger partial charge in [-0.15, -0.1) is 11.8 Å². The fourth-order valence-corrected chi connectivity index (χ4v) is 8.66. The van der Waals surface area contributed by atoms with Crippen molar-refractivity contribution in [3.63, 3.8) is 0 Å².